The summed E-state index contributed by atoms with van der Waals surface area (Å²) in [5, 5.41) is 0.0330. The molecule has 0 aliphatic carbocycles. The molecule has 1 heterocycles. The van der Waals surface area contributed by atoms with Crippen molar-refractivity contribution in [1.82, 2.24) is 4.90 Å². The van der Waals surface area contributed by atoms with Gasteiger partial charge in [0.25, 0.3) is 0 Å². The van der Waals surface area contributed by atoms with Crippen LogP contribution in [0.3, 0.4) is 0 Å². The molecule has 0 N–H and O–H groups in total. The lowest BCUT2D eigenvalue weighted by atomic mass is 10.1. The second-order valence-electron chi connectivity index (χ2n) is 7.45. The summed E-state index contributed by atoms with van der Waals surface area (Å²) in [4.78, 5) is 16.6. The molecule has 1 saturated heterocycles. The number of hydrogen-bond donors (Lipinski definition) is 0. The number of esters is 1. The third kappa shape index (κ3) is 5.19. The molecule has 2 aromatic carbocycles. The van der Waals surface area contributed by atoms with Crippen molar-refractivity contribution in [2.45, 2.75) is 18.7 Å². The molecule has 1 atom stereocenters. The average molecular weight is 415 g/mol. The summed E-state index contributed by atoms with van der Waals surface area (Å²) in [7, 11) is 3.99. The molecule has 29 heavy (non-hydrogen) atoms. The molecule has 0 amide bonds. The van der Waals surface area contributed by atoms with Crippen LogP contribution in [0.25, 0.3) is 0 Å². The van der Waals surface area contributed by atoms with E-state index in [1.165, 1.54) is 12.1 Å². The van der Waals surface area contributed by atoms with Crippen molar-refractivity contribution in [1.29, 1.82) is 0 Å². The Morgan fingerprint density at radius 3 is 2.66 bits per heavy atom. The molecular weight excluding hydrogens is 387 g/mol. The Hall–Kier alpha value is -2.31. The van der Waals surface area contributed by atoms with E-state index in [9.17, 15) is 9.18 Å². The molecule has 0 spiro atoms. The molecule has 0 bridgehead atoms. The molecule has 3 rings (SSSR count). The van der Waals surface area contributed by atoms with Crippen LogP contribution in [0.5, 0.6) is 0 Å². The number of ether oxygens (including phenoxy) is 1. The summed E-state index contributed by atoms with van der Waals surface area (Å²) < 4.78 is 18.7. The Morgan fingerprint density at radius 1 is 1.28 bits per heavy atom. The zero-order chi connectivity index (χ0) is 21.0. The first-order chi connectivity index (χ1) is 13.9. The van der Waals surface area contributed by atoms with Gasteiger partial charge in [0.1, 0.15) is 11.2 Å². The number of hydrogen-bond acceptors (Lipinski definition) is 5. The quantitative estimate of drug-likeness (QED) is 0.470. The van der Waals surface area contributed by atoms with Crippen molar-refractivity contribution >= 4 is 23.4 Å². The number of aryl methyl sites for hydroxylation is 1. The topological polar surface area (TPSA) is 32.8 Å². The van der Waals surface area contributed by atoms with Crippen LogP contribution >= 0.6 is 11.8 Å². The monoisotopic (exact) mass is 414 g/mol. The van der Waals surface area contributed by atoms with E-state index in [0.29, 0.717) is 12.2 Å². The number of halogens is 1. The fourth-order valence-corrected chi connectivity index (χ4v) is 4.59. The van der Waals surface area contributed by atoms with Gasteiger partial charge in [-0.3, -0.25) is 0 Å². The standard InChI is InChI=1S/C23H27FN2O2S/c1-16-14-19(23(27)28-13-5-12-25(3)4)8-11-21(16)26-17(2)15-29-22(26)18-6-9-20(24)10-7-18/h6-11,14,22H,2,5,12-13,15H2,1,3-4H3. The molecule has 1 fully saturated rings. The van der Waals surface area contributed by atoms with Crippen molar-refractivity contribution in [3.05, 3.63) is 77.2 Å². The second-order valence-corrected chi connectivity index (χ2v) is 8.51. The normalized spacial score (nSPS) is 16.5. The molecule has 0 aromatic heterocycles. The summed E-state index contributed by atoms with van der Waals surface area (Å²) in [6.45, 7) is 7.47. The van der Waals surface area contributed by atoms with Gasteiger partial charge in [0.05, 0.1) is 12.2 Å². The van der Waals surface area contributed by atoms with Crippen LogP contribution in [0.2, 0.25) is 0 Å². The Balaban J connectivity index is 1.75. The Morgan fingerprint density at radius 2 is 2.00 bits per heavy atom. The number of rotatable bonds is 7. The Labute approximate surface area is 176 Å². The molecular formula is C23H27FN2O2S. The van der Waals surface area contributed by atoms with E-state index in [0.717, 1.165) is 41.2 Å². The highest BCUT2D eigenvalue weighted by Crippen LogP contribution is 2.46. The van der Waals surface area contributed by atoms with Gasteiger partial charge in [-0.05, 0) is 68.9 Å². The predicted molar refractivity (Wildman–Crippen MR) is 118 cm³/mol. The van der Waals surface area contributed by atoms with Crippen LogP contribution in [-0.4, -0.2) is 43.9 Å². The van der Waals surface area contributed by atoms with Crippen LogP contribution in [0.15, 0.2) is 54.7 Å². The van der Waals surface area contributed by atoms with E-state index in [1.54, 1.807) is 17.8 Å². The lowest BCUT2D eigenvalue weighted by Crippen LogP contribution is -2.21. The minimum atomic E-state index is -0.303. The fourth-order valence-electron chi connectivity index (χ4n) is 3.34. The molecule has 2 aromatic rings. The number of thioether (sulfide) groups is 1. The van der Waals surface area contributed by atoms with Gasteiger partial charge in [-0.1, -0.05) is 18.7 Å². The van der Waals surface area contributed by atoms with E-state index in [2.05, 4.69) is 16.4 Å². The molecule has 154 valence electrons. The van der Waals surface area contributed by atoms with E-state index >= 15 is 0 Å². The molecule has 1 aliphatic heterocycles. The Bertz CT molecular complexity index is 883. The van der Waals surface area contributed by atoms with Crippen molar-refractivity contribution in [2.75, 3.05) is 37.9 Å². The minimum Gasteiger partial charge on any atom is -0.462 e. The molecule has 1 aliphatic rings. The highest BCUT2D eigenvalue weighted by molar-refractivity contribution is 8.00. The maximum Gasteiger partial charge on any atom is 0.338 e. The second kappa shape index (κ2) is 9.46. The van der Waals surface area contributed by atoms with Crippen LogP contribution in [-0.2, 0) is 4.74 Å². The fraction of sp³-hybridized carbons (Fsp3) is 0.348. The smallest absolute Gasteiger partial charge is 0.338 e. The first-order valence-electron chi connectivity index (χ1n) is 9.63. The number of anilines is 1. The van der Waals surface area contributed by atoms with Gasteiger partial charge in [-0.15, -0.1) is 11.8 Å². The summed E-state index contributed by atoms with van der Waals surface area (Å²) in [5.74, 6) is 0.256. The van der Waals surface area contributed by atoms with E-state index < -0.39 is 0 Å². The zero-order valence-electron chi connectivity index (χ0n) is 17.2. The van der Waals surface area contributed by atoms with Crippen molar-refractivity contribution in [3.8, 4) is 0 Å². The lowest BCUT2D eigenvalue weighted by Gasteiger charge is -2.28. The van der Waals surface area contributed by atoms with Gasteiger partial charge in [-0.25, -0.2) is 9.18 Å². The largest absolute Gasteiger partial charge is 0.462 e. The van der Waals surface area contributed by atoms with Crippen LogP contribution < -0.4 is 4.90 Å². The maximum absolute atomic E-state index is 13.3. The van der Waals surface area contributed by atoms with Crippen LogP contribution in [0.1, 0.15) is 33.3 Å². The first kappa shape index (κ1) is 21.4. The van der Waals surface area contributed by atoms with Crippen molar-refractivity contribution in [3.63, 3.8) is 0 Å². The minimum absolute atomic E-state index is 0.0330. The van der Waals surface area contributed by atoms with Gasteiger partial charge in [0.2, 0.25) is 0 Å². The van der Waals surface area contributed by atoms with Crippen LogP contribution in [0.4, 0.5) is 10.1 Å². The van der Waals surface area contributed by atoms with Gasteiger partial charge in [-0.2, -0.15) is 0 Å². The zero-order valence-corrected chi connectivity index (χ0v) is 18.0. The summed E-state index contributed by atoms with van der Waals surface area (Å²) in [6, 6.07) is 12.2. The van der Waals surface area contributed by atoms with Gasteiger partial charge >= 0.3 is 5.97 Å². The van der Waals surface area contributed by atoms with Gasteiger partial charge in [0, 0.05) is 23.7 Å². The van der Waals surface area contributed by atoms with Crippen molar-refractivity contribution in [2.24, 2.45) is 0 Å². The number of carbonyl (C=O) groups excluding carboxylic acids is 1. The van der Waals surface area contributed by atoms with Crippen LogP contribution in [0, 0.1) is 12.7 Å². The van der Waals surface area contributed by atoms with E-state index in [1.807, 2.05) is 45.3 Å². The number of nitrogens with zero attached hydrogens (tertiary/aromatic N) is 2. The maximum atomic E-state index is 13.3. The summed E-state index contributed by atoms with van der Waals surface area (Å²) in [5.41, 5.74) is 4.54. The van der Waals surface area contributed by atoms with Crippen molar-refractivity contribution < 1.29 is 13.9 Å². The highest BCUT2D eigenvalue weighted by atomic mass is 32.2. The lowest BCUT2D eigenvalue weighted by molar-refractivity contribution is 0.0493. The Kier molecular flexibility index (Phi) is 6.98. The van der Waals surface area contributed by atoms with Gasteiger partial charge in [0.15, 0.2) is 0 Å². The third-order valence-electron chi connectivity index (χ3n) is 4.81. The number of benzene rings is 2. The molecule has 0 saturated carbocycles. The predicted octanol–water partition coefficient (Wildman–Crippen LogP) is 5.01. The van der Waals surface area contributed by atoms with E-state index in [4.69, 9.17) is 4.74 Å². The summed E-state index contributed by atoms with van der Waals surface area (Å²) in [6.07, 6.45) is 0.806. The first-order valence-corrected chi connectivity index (χ1v) is 10.7. The third-order valence-corrected chi connectivity index (χ3v) is 6.11. The highest BCUT2D eigenvalue weighted by Gasteiger charge is 2.31. The average Bonchev–Trinajstić information content (AvgIpc) is 3.06. The SMILES string of the molecule is C=C1CSC(c2ccc(F)cc2)N1c1ccc(C(=O)OCCCN(C)C)cc1C. The summed E-state index contributed by atoms with van der Waals surface area (Å²) >= 11 is 1.76. The number of carbonyl (C=O) groups is 1. The van der Waals surface area contributed by atoms with E-state index in [-0.39, 0.29) is 17.2 Å². The molecule has 1 unspecified atom stereocenters. The molecule has 4 nitrogen and oxygen atoms in total. The molecule has 0 radical (unpaired) electrons. The van der Waals surface area contributed by atoms with Gasteiger partial charge < -0.3 is 14.5 Å². The molecule has 6 heteroatoms.